The van der Waals surface area contributed by atoms with E-state index in [4.69, 9.17) is 26.3 Å². The molecule has 1 aromatic heterocycles. The summed E-state index contributed by atoms with van der Waals surface area (Å²) >= 11 is 7.60. The summed E-state index contributed by atoms with van der Waals surface area (Å²) in [5, 5.41) is 4.83. The van der Waals surface area contributed by atoms with Crippen LogP contribution < -0.4 is 5.32 Å². The third-order valence-electron chi connectivity index (χ3n) is 4.87. The van der Waals surface area contributed by atoms with Gasteiger partial charge in [0.2, 0.25) is 5.91 Å². The highest BCUT2D eigenvalue weighted by atomic mass is 35.5. The molecule has 1 unspecified atom stereocenters. The van der Waals surface area contributed by atoms with Crippen molar-refractivity contribution in [3.05, 3.63) is 59.4 Å². The fourth-order valence-electron chi connectivity index (χ4n) is 3.23. The Labute approximate surface area is 185 Å². The largest absolute Gasteiger partial charge is 0.379 e. The molecule has 4 rings (SSSR count). The molecular weight excluding hydrogens is 420 g/mol. The van der Waals surface area contributed by atoms with Gasteiger partial charge in [0.05, 0.1) is 41.2 Å². The summed E-state index contributed by atoms with van der Waals surface area (Å²) < 4.78 is 5.43. The van der Waals surface area contributed by atoms with Crippen LogP contribution in [0.2, 0.25) is 5.02 Å². The lowest BCUT2D eigenvalue weighted by molar-refractivity contribution is -0.115. The fraction of sp³-hybridized carbons (Fsp3) is 0.318. The van der Waals surface area contributed by atoms with E-state index in [0.717, 1.165) is 48.1 Å². The Hall–Kier alpha value is -2.19. The van der Waals surface area contributed by atoms with E-state index in [-0.39, 0.29) is 11.2 Å². The van der Waals surface area contributed by atoms with Crippen molar-refractivity contribution in [2.24, 2.45) is 0 Å². The van der Waals surface area contributed by atoms with Gasteiger partial charge in [-0.1, -0.05) is 53.7 Å². The van der Waals surface area contributed by atoms with Crippen molar-refractivity contribution in [3.63, 3.8) is 0 Å². The number of morpholine rings is 1. The number of nitrogens with zero attached hydrogens (tertiary/aromatic N) is 3. The van der Waals surface area contributed by atoms with Gasteiger partial charge in [-0.25, -0.2) is 9.97 Å². The number of carbonyl (C=O) groups is 1. The van der Waals surface area contributed by atoms with E-state index in [9.17, 15) is 4.79 Å². The van der Waals surface area contributed by atoms with Crippen molar-refractivity contribution in [3.8, 4) is 0 Å². The number of thioether (sulfide) groups is 1. The van der Waals surface area contributed by atoms with Gasteiger partial charge in [0.1, 0.15) is 10.9 Å². The molecule has 2 aromatic carbocycles. The highest BCUT2D eigenvalue weighted by molar-refractivity contribution is 8.00. The van der Waals surface area contributed by atoms with E-state index in [1.807, 2.05) is 43.3 Å². The Morgan fingerprint density at radius 1 is 1.17 bits per heavy atom. The first-order valence-electron chi connectivity index (χ1n) is 9.88. The highest BCUT2D eigenvalue weighted by Crippen LogP contribution is 2.30. The van der Waals surface area contributed by atoms with E-state index >= 15 is 0 Å². The molecule has 0 spiro atoms. The molecule has 2 heterocycles. The van der Waals surface area contributed by atoms with Crippen LogP contribution in [0.5, 0.6) is 0 Å². The molecule has 156 valence electrons. The van der Waals surface area contributed by atoms with Crippen LogP contribution in [0.4, 0.5) is 5.69 Å². The fourth-order valence-corrected chi connectivity index (χ4v) is 4.37. The smallest absolute Gasteiger partial charge is 0.237 e. The maximum atomic E-state index is 12.8. The van der Waals surface area contributed by atoms with E-state index in [2.05, 4.69) is 10.2 Å². The molecule has 1 amide bonds. The molecule has 1 aliphatic heterocycles. The second-order valence-electron chi connectivity index (χ2n) is 7.08. The van der Waals surface area contributed by atoms with Crippen LogP contribution >= 0.6 is 23.4 Å². The summed E-state index contributed by atoms with van der Waals surface area (Å²) in [7, 11) is 0. The molecular formula is C22H23ClN4O2S. The lowest BCUT2D eigenvalue weighted by Gasteiger charge is -2.26. The number of hydrogen-bond donors (Lipinski definition) is 1. The summed E-state index contributed by atoms with van der Waals surface area (Å²) in [5.74, 6) is 0.641. The van der Waals surface area contributed by atoms with Gasteiger partial charge in [-0.15, -0.1) is 0 Å². The Bertz CT molecular complexity index is 1040. The first-order chi connectivity index (χ1) is 14.6. The van der Waals surface area contributed by atoms with E-state index in [0.29, 0.717) is 17.3 Å². The molecule has 0 radical (unpaired) electrons. The van der Waals surface area contributed by atoms with Gasteiger partial charge in [0, 0.05) is 18.5 Å². The molecule has 0 saturated carbocycles. The molecule has 1 atom stereocenters. The minimum Gasteiger partial charge on any atom is -0.379 e. The van der Waals surface area contributed by atoms with Crippen LogP contribution in [0.1, 0.15) is 12.7 Å². The number of rotatable bonds is 6. The van der Waals surface area contributed by atoms with Crippen molar-refractivity contribution in [2.45, 2.75) is 23.7 Å². The van der Waals surface area contributed by atoms with Crippen molar-refractivity contribution in [2.75, 3.05) is 31.6 Å². The van der Waals surface area contributed by atoms with Crippen LogP contribution in [-0.4, -0.2) is 52.3 Å². The van der Waals surface area contributed by atoms with Crippen LogP contribution in [0, 0.1) is 0 Å². The first-order valence-corrected chi connectivity index (χ1v) is 11.1. The van der Waals surface area contributed by atoms with Crippen LogP contribution in [0.15, 0.2) is 53.6 Å². The van der Waals surface area contributed by atoms with Gasteiger partial charge >= 0.3 is 0 Å². The van der Waals surface area contributed by atoms with Gasteiger partial charge in [-0.05, 0) is 25.1 Å². The third-order valence-corrected chi connectivity index (χ3v) is 6.30. The van der Waals surface area contributed by atoms with E-state index in [1.165, 1.54) is 11.8 Å². The number of amides is 1. The lowest BCUT2D eigenvalue weighted by Crippen LogP contribution is -2.36. The zero-order chi connectivity index (χ0) is 20.9. The first kappa shape index (κ1) is 21.1. The van der Waals surface area contributed by atoms with Crippen molar-refractivity contribution < 1.29 is 9.53 Å². The number of aromatic nitrogens is 2. The minimum atomic E-state index is -0.351. The van der Waals surface area contributed by atoms with Gasteiger partial charge in [-0.2, -0.15) is 0 Å². The molecule has 1 aliphatic rings. The summed E-state index contributed by atoms with van der Waals surface area (Å²) in [6.45, 7) is 5.74. The molecule has 1 saturated heterocycles. The Morgan fingerprint density at radius 2 is 1.90 bits per heavy atom. The lowest BCUT2D eigenvalue weighted by atomic mass is 10.2. The third kappa shape index (κ3) is 5.10. The van der Waals surface area contributed by atoms with Gasteiger partial charge in [0.25, 0.3) is 0 Å². The summed E-state index contributed by atoms with van der Waals surface area (Å²) in [6, 6.07) is 15.1. The number of anilines is 1. The van der Waals surface area contributed by atoms with Crippen molar-refractivity contribution in [1.82, 2.24) is 14.9 Å². The van der Waals surface area contributed by atoms with Crippen LogP contribution in [-0.2, 0) is 16.1 Å². The molecule has 0 bridgehead atoms. The Morgan fingerprint density at radius 3 is 2.70 bits per heavy atom. The number of carbonyl (C=O) groups excluding carboxylic acids is 1. The molecule has 3 aromatic rings. The monoisotopic (exact) mass is 442 g/mol. The predicted molar refractivity (Wildman–Crippen MR) is 121 cm³/mol. The summed E-state index contributed by atoms with van der Waals surface area (Å²) in [4.78, 5) is 24.6. The Kier molecular flexibility index (Phi) is 6.84. The molecule has 1 fully saturated rings. The number of hydrogen-bond acceptors (Lipinski definition) is 6. The zero-order valence-electron chi connectivity index (χ0n) is 16.7. The highest BCUT2D eigenvalue weighted by Gasteiger charge is 2.20. The molecule has 1 N–H and O–H groups in total. The Balaban J connectivity index is 1.54. The van der Waals surface area contributed by atoms with E-state index in [1.54, 1.807) is 12.1 Å². The number of ether oxygens (including phenoxy) is 1. The normalized spacial score (nSPS) is 15.8. The zero-order valence-corrected chi connectivity index (χ0v) is 18.2. The van der Waals surface area contributed by atoms with Gasteiger partial charge < -0.3 is 10.1 Å². The van der Waals surface area contributed by atoms with Crippen molar-refractivity contribution >= 4 is 45.9 Å². The maximum Gasteiger partial charge on any atom is 0.237 e. The quantitative estimate of drug-likeness (QED) is 0.455. The maximum absolute atomic E-state index is 12.8. The van der Waals surface area contributed by atoms with E-state index < -0.39 is 0 Å². The molecule has 0 aliphatic carbocycles. The second-order valence-corrected chi connectivity index (χ2v) is 8.82. The SMILES string of the molecule is CC(Sc1nc(CN2CCOCC2)nc2ccccc12)C(=O)Nc1ccccc1Cl. The standard InChI is InChI=1S/C22H23ClN4O2S/c1-15(21(28)25-19-9-5-3-7-17(19)23)30-22-16-6-2-4-8-18(16)24-20(26-22)14-27-10-12-29-13-11-27/h2-9,15H,10-14H2,1H3,(H,25,28). The van der Waals surface area contributed by atoms with Gasteiger partial charge in [0.15, 0.2) is 0 Å². The topological polar surface area (TPSA) is 67.3 Å². The number of benzene rings is 2. The summed E-state index contributed by atoms with van der Waals surface area (Å²) in [6.07, 6.45) is 0. The predicted octanol–water partition coefficient (Wildman–Crippen LogP) is 4.23. The molecule has 8 heteroatoms. The number of para-hydroxylation sites is 2. The van der Waals surface area contributed by atoms with Gasteiger partial charge in [-0.3, -0.25) is 9.69 Å². The summed E-state index contributed by atoms with van der Waals surface area (Å²) in [5.41, 5.74) is 1.49. The number of nitrogens with one attached hydrogen (secondary N) is 1. The number of fused-ring (bicyclic) bond motifs is 1. The van der Waals surface area contributed by atoms with Crippen molar-refractivity contribution in [1.29, 1.82) is 0 Å². The molecule has 6 nitrogen and oxygen atoms in total. The average molecular weight is 443 g/mol. The molecule has 30 heavy (non-hydrogen) atoms. The second kappa shape index (κ2) is 9.75. The minimum absolute atomic E-state index is 0.120. The average Bonchev–Trinajstić information content (AvgIpc) is 2.76. The van der Waals surface area contributed by atoms with Crippen LogP contribution in [0.3, 0.4) is 0 Å². The number of halogens is 1. The van der Waals surface area contributed by atoms with Crippen LogP contribution in [0.25, 0.3) is 10.9 Å².